The van der Waals surface area contributed by atoms with Gasteiger partial charge in [0.1, 0.15) is 15.5 Å². The number of carbonyl (C=O) groups excluding carboxylic acids is 2. The van der Waals surface area contributed by atoms with Gasteiger partial charge in [-0.2, -0.15) is 0 Å². The maximum atomic E-state index is 12.7. The second-order valence-corrected chi connectivity index (χ2v) is 8.84. The average Bonchev–Trinajstić information content (AvgIpc) is 3.27. The van der Waals surface area contributed by atoms with Crippen molar-refractivity contribution in [3.63, 3.8) is 0 Å². The fraction of sp³-hybridized carbons (Fsp3) is 0.600. The highest BCUT2D eigenvalue weighted by Gasteiger charge is 2.26. The molecule has 2 aliphatic rings. The smallest absolute Gasteiger partial charge is 0.349 e. The molecule has 0 unspecified atom stereocenters. The third-order valence-corrected chi connectivity index (χ3v) is 7.05. The number of fused-ring (bicyclic) bond motifs is 2. The molecule has 1 aliphatic carbocycles. The first-order chi connectivity index (χ1) is 13.5. The molecule has 7 nitrogen and oxygen atoms in total. The number of nitrogens with one attached hydrogen (secondary N) is 1. The summed E-state index contributed by atoms with van der Waals surface area (Å²) in [4.78, 5) is 42.9. The van der Waals surface area contributed by atoms with Crippen molar-refractivity contribution in [1.82, 2.24) is 14.9 Å². The third-order valence-electron chi connectivity index (χ3n) is 5.89. The second kappa shape index (κ2) is 7.66. The van der Waals surface area contributed by atoms with Gasteiger partial charge in [0.15, 0.2) is 6.61 Å². The van der Waals surface area contributed by atoms with Crippen molar-refractivity contribution in [3.05, 3.63) is 26.6 Å². The Bertz CT molecular complexity index is 993. The molecule has 0 radical (unpaired) electrons. The number of ether oxygens (including phenoxy) is 1. The van der Waals surface area contributed by atoms with Crippen LogP contribution in [0.15, 0.2) is 4.79 Å². The van der Waals surface area contributed by atoms with Crippen LogP contribution in [-0.4, -0.2) is 34.1 Å². The van der Waals surface area contributed by atoms with Crippen molar-refractivity contribution in [1.29, 1.82) is 0 Å². The summed E-state index contributed by atoms with van der Waals surface area (Å²) < 4.78 is 6.93. The first-order valence-electron chi connectivity index (χ1n) is 9.95. The van der Waals surface area contributed by atoms with E-state index in [-0.39, 0.29) is 24.1 Å². The summed E-state index contributed by atoms with van der Waals surface area (Å²) in [6, 6.07) is 0.151. The molecular formula is C20H25N3O4S. The Morgan fingerprint density at radius 2 is 2.07 bits per heavy atom. The zero-order chi connectivity index (χ0) is 19.8. The average molecular weight is 404 g/mol. The molecule has 0 bridgehead atoms. The first kappa shape index (κ1) is 19.1. The SMILES string of the molecule is Cc1c(C(=O)OCC(=O)N[C@H]2CCCC[C@@H]2C)sc2nc3n(c(=O)c12)CCC3. The number of aromatic nitrogens is 2. The van der Waals surface area contributed by atoms with Crippen molar-refractivity contribution in [3.8, 4) is 0 Å². The number of hydrogen-bond donors (Lipinski definition) is 1. The van der Waals surface area contributed by atoms with Gasteiger partial charge in [-0.15, -0.1) is 11.3 Å². The molecule has 8 heteroatoms. The Morgan fingerprint density at radius 3 is 2.86 bits per heavy atom. The predicted octanol–water partition coefficient (Wildman–Crippen LogP) is 2.56. The van der Waals surface area contributed by atoms with Crippen LogP contribution < -0.4 is 10.9 Å². The number of aryl methyl sites for hydroxylation is 2. The highest BCUT2D eigenvalue weighted by molar-refractivity contribution is 7.20. The summed E-state index contributed by atoms with van der Waals surface area (Å²) in [7, 11) is 0. The number of nitrogens with zero attached hydrogens (tertiary/aromatic N) is 2. The van der Waals surface area contributed by atoms with Gasteiger partial charge in [0.2, 0.25) is 0 Å². The fourth-order valence-corrected chi connectivity index (χ4v) is 5.33. The lowest BCUT2D eigenvalue weighted by Gasteiger charge is -2.29. The minimum Gasteiger partial charge on any atom is -0.451 e. The molecular weight excluding hydrogens is 378 g/mol. The summed E-state index contributed by atoms with van der Waals surface area (Å²) in [5.74, 6) is 0.374. The first-order valence-corrected chi connectivity index (χ1v) is 10.8. The molecule has 2 aromatic rings. The van der Waals surface area contributed by atoms with Crippen molar-refractivity contribution in [2.24, 2.45) is 5.92 Å². The molecule has 1 saturated carbocycles. The van der Waals surface area contributed by atoms with Gasteiger partial charge >= 0.3 is 5.97 Å². The van der Waals surface area contributed by atoms with E-state index in [0.717, 1.165) is 37.9 Å². The lowest BCUT2D eigenvalue weighted by Crippen LogP contribution is -2.42. The largest absolute Gasteiger partial charge is 0.451 e. The molecule has 1 N–H and O–H groups in total. The summed E-state index contributed by atoms with van der Waals surface area (Å²) in [6.07, 6.45) is 6.09. The van der Waals surface area contributed by atoms with Gasteiger partial charge in [-0.05, 0) is 37.7 Å². The van der Waals surface area contributed by atoms with Crippen LogP contribution in [0.25, 0.3) is 10.2 Å². The Labute approximate surface area is 167 Å². The van der Waals surface area contributed by atoms with E-state index in [0.29, 0.717) is 33.1 Å². The van der Waals surface area contributed by atoms with E-state index in [1.54, 1.807) is 11.5 Å². The van der Waals surface area contributed by atoms with Gasteiger partial charge in [-0.1, -0.05) is 19.8 Å². The van der Waals surface area contributed by atoms with E-state index in [4.69, 9.17) is 4.74 Å². The van der Waals surface area contributed by atoms with E-state index in [1.165, 1.54) is 17.8 Å². The van der Waals surface area contributed by atoms with Crippen LogP contribution in [0.1, 0.15) is 60.1 Å². The summed E-state index contributed by atoms with van der Waals surface area (Å²) in [5.41, 5.74) is 0.500. The molecule has 2 atom stereocenters. The van der Waals surface area contributed by atoms with E-state index in [1.807, 2.05) is 0 Å². The number of hydrogen-bond acceptors (Lipinski definition) is 6. The van der Waals surface area contributed by atoms with E-state index in [9.17, 15) is 14.4 Å². The topological polar surface area (TPSA) is 90.3 Å². The zero-order valence-corrected chi connectivity index (χ0v) is 17.1. The van der Waals surface area contributed by atoms with Crippen LogP contribution in [-0.2, 0) is 22.5 Å². The third kappa shape index (κ3) is 3.45. The lowest BCUT2D eigenvalue weighted by atomic mass is 9.86. The Hall–Kier alpha value is -2.22. The summed E-state index contributed by atoms with van der Waals surface area (Å²) in [6.45, 7) is 4.24. The van der Waals surface area contributed by atoms with Gasteiger partial charge in [-0.3, -0.25) is 14.2 Å². The molecule has 0 aromatic carbocycles. The standard InChI is InChI=1S/C20H25N3O4S/c1-11-6-3-4-7-13(11)21-15(24)10-27-20(26)17-12(2)16-18(28-17)22-14-8-5-9-23(14)19(16)25/h11,13H,3-10H2,1-2H3,(H,21,24)/t11-,13-/m0/s1. The van der Waals surface area contributed by atoms with E-state index >= 15 is 0 Å². The highest BCUT2D eigenvalue weighted by Crippen LogP contribution is 2.29. The van der Waals surface area contributed by atoms with Crippen LogP contribution in [0.2, 0.25) is 0 Å². The number of thiophene rings is 1. The van der Waals surface area contributed by atoms with E-state index in [2.05, 4.69) is 17.2 Å². The number of carbonyl (C=O) groups is 2. The normalized spacial score (nSPS) is 21.5. The molecule has 1 amide bonds. The van der Waals surface area contributed by atoms with Gasteiger partial charge < -0.3 is 10.1 Å². The van der Waals surface area contributed by atoms with Gasteiger partial charge in [0.25, 0.3) is 11.5 Å². The molecule has 150 valence electrons. The lowest BCUT2D eigenvalue weighted by molar-refractivity contribution is -0.125. The van der Waals surface area contributed by atoms with Crippen LogP contribution in [0.5, 0.6) is 0 Å². The van der Waals surface area contributed by atoms with Gasteiger partial charge in [0.05, 0.1) is 5.39 Å². The Balaban J connectivity index is 1.46. The van der Waals surface area contributed by atoms with Crippen LogP contribution in [0.3, 0.4) is 0 Å². The van der Waals surface area contributed by atoms with Crippen LogP contribution in [0, 0.1) is 12.8 Å². The molecule has 1 fully saturated rings. The van der Waals surface area contributed by atoms with Gasteiger partial charge in [-0.25, -0.2) is 9.78 Å². The maximum Gasteiger partial charge on any atom is 0.349 e. The molecule has 4 rings (SSSR count). The summed E-state index contributed by atoms with van der Waals surface area (Å²) in [5, 5.41) is 3.47. The van der Waals surface area contributed by atoms with Crippen LogP contribution in [0.4, 0.5) is 0 Å². The molecule has 1 aliphatic heterocycles. The number of esters is 1. The zero-order valence-electron chi connectivity index (χ0n) is 16.2. The molecule has 0 spiro atoms. The minimum atomic E-state index is -0.572. The minimum absolute atomic E-state index is 0.0886. The summed E-state index contributed by atoms with van der Waals surface area (Å²) >= 11 is 1.17. The maximum absolute atomic E-state index is 12.7. The van der Waals surface area contributed by atoms with E-state index < -0.39 is 5.97 Å². The molecule has 2 aromatic heterocycles. The number of rotatable bonds is 4. The number of amides is 1. The van der Waals surface area contributed by atoms with Crippen LogP contribution >= 0.6 is 11.3 Å². The molecule has 3 heterocycles. The van der Waals surface area contributed by atoms with Crippen molar-refractivity contribution in [2.45, 2.75) is 65.0 Å². The Morgan fingerprint density at radius 1 is 1.29 bits per heavy atom. The predicted molar refractivity (Wildman–Crippen MR) is 107 cm³/mol. The quantitative estimate of drug-likeness (QED) is 0.793. The van der Waals surface area contributed by atoms with Crippen molar-refractivity contribution in [2.75, 3.05) is 6.61 Å². The monoisotopic (exact) mass is 403 g/mol. The fourth-order valence-electron chi connectivity index (χ4n) is 4.25. The second-order valence-electron chi connectivity index (χ2n) is 7.84. The highest BCUT2D eigenvalue weighted by atomic mass is 32.1. The van der Waals surface area contributed by atoms with Crippen molar-refractivity contribution < 1.29 is 14.3 Å². The van der Waals surface area contributed by atoms with Crippen molar-refractivity contribution >= 4 is 33.4 Å². The van der Waals surface area contributed by atoms with Gasteiger partial charge in [0, 0.05) is 19.0 Å². The molecule has 0 saturated heterocycles. The molecule has 28 heavy (non-hydrogen) atoms. The Kier molecular flexibility index (Phi) is 5.23.